The molecule has 0 bridgehead atoms. The highest BCUT2D eigenvalue weighted by molar-refractivity contribution is 6.40. The normalized spacial score (nSPS) is 16.8. The molecular weight excluding hydrogens is 251 g/mol. The molecule has 8 heteroatoms. The van der Waals surface area contributed by atoms with Crippen LogP contribution in [0.1, 0.15) is 25.7 Å². The van der Waals surface area contributed by atoms with Gasteiger partial charge in [0.05, 0.1) is 6.10 Å². The van der Waals surface area contributed by atoms with Gasteiger partial charge in [0.25, 0.3) is 0 Å². The Morgan fingerprint density at radius 3 is 2.32 bits per heavy atom. The minimum absolute atomic E-state index is 0.137. The summed E-state index contributed by atoms with van der Waals surface area (Å²) in [6, 6.07) is 0.188. The molecule has 1 aliphatic heterocycles. The highest BCUT2D eigenvalue weighted by atomic mass is 16.4. The number of β-amino-alcohol motifs (C(OH)–C–C–N with tert-alkyl or cyclic N) is 1. The molecule has 1 rings (SSSR count). The fourth-order valence-corrected chi connectivity index (χ4v) is 1.95. The number of rotatable bonds is 8. The largest absolute Gasteiger partial charge is 0.451 e. The van der Waals surface area contributed by atoms with E-state index in [4.69, 9.17) is 30.5 Å². The zero-order chi connectivity index (χ0) is 14.7. The predicted molar refractivity (Wildman–Crippen MR) is 68.9 cm³/mol. The maximum absolute atomic E-state index is 9.09. The van der Waals surface area contributed by atoms with Crippen molar-refractivity contribution in [2.45, 2.75) is 44.1 Å². The van der Waals surface area contributed by atoms with Gasteiger partial charge in [0.2, 0.25) is 0 Å². The van der Waals surface area contributed by atoms with Gasteiger partial charge in [0, 0.05) is 19.1 Å². The van der Waals surface area contributed by atoms with Crippen LogP contribution < -0.4 is 5.73 Å². The van der Waals surface area contributed by atoms with E-state index in [-0.39, 0.29) is 18.3 Å². The number of aliphatic hydroxyl groups excluding tert-OH is 1. The van der Waals surface area contributed by atoms with Crippen molar-refractivity contribution in [1.29, 1.82) is 0 Å². The van der Waals surface area contributed by atoms with Crippen LogP contribution in [-0.2, 0) is 9.59 Å². The summed E-state index contributed by atoms with van der Waals surface area (Å²) in [7, 11) is -1.18. The number of nitrogens with zero attached hydrogens (tertiary/aromatic N) is 1. The van der Waals surface area contributed by atoms with Crippen LogP contribution in [0.25, 0.3) is 0 Å². The van der Waals surface area contributed by atoms with Gasteiger partial charge in [-0.05, 0) is 25.7 Å². The van der Waals surface area contributed by atoms with Crippen molar-refractivity contribution in [3.05, 3.63) is 0 Å². The molecular formula is C11H23BN2O5. The Labute approximate surface area is 113 Å². The van der Waals surface area contributed by atoms with Gasteiger partial charge in [-0.15, -0.1) is 0 Å². The first-order valence-corrected chi connectivity index (χ1v) is 6.51. The zero-order valence-corrected chi connectivity index (χ0v) is 11.1. The number of hydrogen-bond donors (Lipinski definition) is 4. The van der Waals surface area contributed by atoms with Crippen molar-refractivity contribution < 1.29 is 24.7 Å². The van der Waals surface area contributed by atoms with E-state index in [0.717, 1.165) is 45.3 Å². The molecule has 1 saturated heterocycles. The third kappa shape index (κ3) is 10.8. The number of likely N-dealkylation sites (tertiary alicyclic amines) is 1. The Morgan fingerprint density at radius 1 is 1.26 bits per heavy atom. The number of unbranched alkanes of at least 4 members (excludes halogenated alkanes) is 1. The summed E-state index contributed by atoms with van der Waals surface area (Å²) in [5.74, 6) is 0. The molecule has 1 unspecified atom stereocenters. The lowest BCUT2D eigenvalue weighted by Crippen LogP contribution is -2.51. The lowest BCUT2D eigenvalue weighted by molar-refractivity contribution is -0.191. The summed E-state index contributed by atoms with van der Waals surface area (Å²) in [6.45, 7) is 2.52. The van der Waals surface area contributed by atoms with E-state index in [0.29, 0.717) is 6.32 Å². The van der Waals surface area contributed by atoms with Gasteiger partial charge in [0.15, 0.2) is 0 Å². The summed E-state index contributed by atoms with van der Waals surface area (Å²) >= 11 is 0. The molecule has 1 aliphatic rings. The highest BCUT2D eigenvalue weighted by Crippen LogP contribution is 2.11. The number of carbonyl (C=O) groups excluding carboxylic acids is 2. The summed E-state index contributed by atoms with van der Waals surface area (Å²) in [6.07, 6.45) is 4.19. The topological polar surface area (TPSA) is 124 Å². The zero-order valence-electron chi connectivity index (χ0n) is 11.1. The summed E-state index contributed by atoms with van der Waals surface area (Å²) in [5.41, 5.74) is 5.94. The highest BCUT2D eigenvalue weighted by Gasteiger charge is 2.23. The van der Waals surface area contributed by atoms with Gasteiger partial charge in [-0.3, -0.25) is 4.90 Å². The Balaban J connectivity index is 0.000000982. The van der Waals surface area contributed by atoms with Gasteiger partial charge in [-0.25, -0.2) is 0 Å². The van der Waals surface area contributed by atoms with Gasteiger partial charge >= 0.3 is 13.3 Å². The van der Waals surface area contributed by atoms with Gasteiger partial charge in [-0.2, -0.15) is 9.59 Å². The third-order valence-electron chi connectivity index (χ3n) is 3.04. The Morgan fingerprint density at radius 2 is 1.84 bits per heavy atom. The summed E-state index contributed by atoms with van der Waals surface area (Å²) in [4.78, 5) is 18.4. The van der Waals surface area contributed by atoms with Crippen molar-refractivity contribution in [3.63, 3.8) is 0 Å². The fourth-order valence-electron chi connectivity index (χ4n) is 1.95. The van der Waals surface area contributed by atoms with Crippen LogP contribution in [0.3, 0.4) is 0 Å². The average molecular weight is 274 g/mol. The maximum Gasteiger partial charge on any atom is 0.451 e. The van der Waals surface area contributed by atoms with Crippen LogP contribution in [0, 0.1) is 0 Å². The van der Waals surface area contributed by atoms with E-state index in [1.165, 1.54) is 0 Å². The molecule has 1 heterocycles. The first-order chi connectivity index (χ1) is 8.99. The number of nitrogens with two attached hydrogens (primary N) is 1. The molecule has 1 atom stereocenters. The standard InChI is InChI=1S/C10H23BN2O3.CO2/c12-9(3-1-2-5-11(15)16)4-6-13-7-10(14)8-13;2-1-3/h9-10,14-16H,1-8,12H2;. The molecule has 0 aromatic heterocycles. The van der Waals surface area contributed by atoms with E-state index >= 15 is 0 Å². The summed E-state index contributed by atoms with van der Waals surface area (Å²) in [5, 5.41) is 26.4. The minimum Gasteiger partial charge on any atom is -0.427 e. The quantitative estimate of drug-likeness (QED) is 0.311. The molecule has 1 fully saturated rings. The maximum atomic E-state index is 9.09. The van der Waals surface area contributed by atoms with E-state index < -0.39 is 7.12 Å². The predicted octanol–water partition coefficient (Wildman–Crippen LogP) is -1.56. The van der Waals surface area contributed by atoms with Crippen molar-refractivity contribution >= 4 is 13.3 Å². The molecule has 0 aromatic carbocycles. The third-order valence-corrected chi connectivity index (χ3v) is 3.04. The molecule has 0 aromatic rings. The van der Waals surface area contributed by atoms with Crippen molar-refractivity contribution in [3.8, 4) is 0 Å². The molecule has 0 spiro atoms. The SMILES string of the molecule is NC(CCCCB(O)O)CCN1CC(O)C1.O=C=O. The van der Waals surface area contributed by atoms with Crippen molar-refractivity contribution in [1.82, 2.24) is 4.90 Å². The first kappa shape index (κ1) is 18.2. The van der Waals surface area contributed by atoms with Crippen LogP contribution in [0.4, 0.5) is 0 Å². The van der Waals surface area contributed by atoms with Gasteiger partial charge in [0.1, 0.15) is 0 Å². The molecule has 110 valence electrons. The number of aliphatic hydroxyl groups is 1. The van der Waals surface area contributed by atoms with E-state index in [1.54, 1.807) is 0 Å². The smallest absolute Gasteiger partial charge is 0.427 e. The monoisotopic (exact) mass is 274 g/mol. The lowest BCUT2D eigenvalue weighted by atomic mass is 9.83. The Bertz CT molecular complexity index is 255. The Kier molecular flexibility index (Phi) is 10.7. The fraction of sp³-hybridized carbons (Fsp3) is 0.909. The molecule has 5 N–H and O–H groups in total. The second-order valence-electron chi connectivity index (χ2n) is 4.81. The van der Waals surface area contributed by atoms with E-state index in [2.05, 4.69) is 4.90 Å². The van der Waals surface area contributed by atoms with Crippen LogP contribution in [0.5, 0.6) is 0 Å². The molecule has 0 radical (unpaired) electrons. The molecule has 0 amide bonds. The molecule has 0 saturated carbocycles. The molecule has 7 nitrogen and oxygen atoms in total. The minimum atomic E-state index is -1.18. The van der Waals surface area contributed by atoms with Crippen LogP contribution in [0.2, 0.25) is 6.32 Å². The summed E-state index contributed by atoms with van der Waals surface area (Å²) < 4.78 is 0. The first-order valence-electron chi connectivity index (χ1n) is 6.51. The molecule has 0 aliphatic carbocycles. The Hall–Kier alpha value is -0.755. The van der Waals surface area contributed by atoms with E-state index in [9.17, 15) is 0 Å². The molecule has 19 heavy (non-hydrogen) atoms. The van der Waals surface area contributed by atoms with Crippen LogP contribution >= 0.6 is 0 Å². The second kappa shape index (κ2) is 11.1. The second-order valence-corrected chi connectivity index (χ2v) is 4.81. The van der Waals surface area contributed by atoms with Crippen molar-refractivity contribution in [2.24, 2.45) is 5.73 Å². The average Bonchev–Trinajstić information content (AvgIpc) is 2.29. The van der Waals surface area contributed by atoms with Crippen LogP contribution in [-0.4, -0.2) is 65.1 Å². The van der Waals surface area contributed by atoms with Crippen LogP contribution in [0.15, 0.2) is 0 Å². The lowest BCUT2D eigenvalue weighted by Gasteiger charge is -2.36. The van der Waals surface area contributed by atoms with E-state index in [1.807, 2.05) is 0 Å². The van der Waals surface area contributed by atoms with Gasteiger partial charge < -0.3 is 20.9 Å². The number of hydrogen-bond acceptors (Lipinski definition) is 7. The van der Waals surface area contributed by atoms with Crippen molar-refractivity contribution in [2.75, 3.05) is 19.6 Å². The van der Waals surface area contributed by atoms with Gasteiger partial charge in [-0.1, -0.05) is 12.8 Å².